The lowest BCUT2D eigenvalue weighted by Crippen LogP contribution is -1.93. The van der Waals surface area contributed by atoms with E-state index >= 15 is 0 Å². The van der Waals surface area contributed by atoms with Crippen molar-refractivity contribution in [2.75, 3.05) is 0 Å². The maximum Gasteiger partial charge on any atom is 0.335 e. The topological polar surface area (TPSA) is 37.3 Å². The highest BCUT2D eigenvalue weighted by Gasteiger charge is 1.96. The normalized spacial score (nSPS) is 9.06. The molecule has 2 nitrogen and oxygen atoms in total. The van der Waals surface area contributed by atoms with Crippen LogP contribution in [0.2, 0.25) is 10.0 Å². The lowest BCUT2D eigenvalue weighted by Gasteiger charge is -1.88. The predicted molar refractivity (Wildman–Crippen MR) is 69.9 cm³/mol. The summed E-state index contributed by atoms with van der Waals surface area (Å²) in [6, 6.07) is 15.3. The largest absolute Gasteiger partial charge is 0.478 e. The minimum absolute atomic E-state index is 0.331. The Morgan fingerprint density at radius 2 is 1.24 bits per heavy atom. The number of hydrogen-bond acceptors (Lipinski definition) is 1. The van der Waals surface area contributed by atoms with E-state index in [-0.39, 0.29) is 0 Å². The fourth-order valence-electron chi connectivity index (χ4n) is 1.01. The molecule has 0 heterocycles. The Labute approximate surface area is 109 Å². The van der Waals surface area contributed by atoms with Crippen LogP contribution in [0.25, 0.3) is 0 Å². The molecule has 2 aromatic carbocycles. The highest BCUT2D eigenvalue weighted by Crippen LogP contribution is 2.12. The SMILES string of the molecule is Clc1ccc(Cl)cc1.O=C(O)c1ccccc1. The van der Waals surface area contributed by atoms with Crippen molar-refractivity contribution in [2.45, 2.75) is 0 Å². The number of hydrogen-bond donors (Lipinski definition) is 1. The Morgan fingerprint density at radius 1 is 0.824 bits per heavy atom. The number of carboxylic acids is 1. The highest BCUT2D eigenvalue weighted by molar-refractivity contribution is 6.32. The van der Waals surface area contributed by atoms with Crippen LogP contribution in [0.4, 0.5) is 0 Å². The monoisotopic (exact) mass is 268 g/mol. The maximum atomic E-state index is 10.2. The van der Waals surface area contributed by atoms with Gasteiger partial charge in [0, 0.05) is 10.0 Å². The molecule has 2 aromatic rings. The van der Waals surface area contributed by atoms with E-state index in [4.69, 9.17) is 28.3 Å². The van der Waals surface area contributed by atoms with Crippen molar-refractivity contribution in [3.63, 3.8) is 0 Å². The molecular weight excluding hydrogens is 259 g/mol. The summed E-state index contributed by atoms with van der Waals surface area (Å²) in [5, 5.41) is 9.82. The Bertz CT molecular complexity index is 446. The quantitative estimate of drug-likeness (QED) is 0.834. The van der Waals surface area contributed by atoms with Crippen molar-refractivity contribution < 1.29 is 9.90 Å². The van der Waals surface area contributed by atoms with Crippen LogP contribution in [0.1, 0.15) is 10.4 Å². The van der Waals surface area contributed by atoms with Gasteiger partial charge < -0.3 is 5.11 Å². The van der Waals surface area contributed by atoms with E-state index in [1.54, 1.807) is 54.6 Å². The zero-order valence-corrected chi connectivity index (χ0v) is 10.3. The summed E-state index contributed by atoms with van der Waals surface area (Å²) < 4.78 is 0. The Morgan fingerprint density at radius 3 is 1.53 bits per heavy atom. The third kappa shape index (κ3) is 5.38. The molecule has 0 atom stereocenters. The lowest BCUT2D eigenvalue weighted by molar-refractivity contribution is 0.0697. The van der Waals surface area contributed by atoms with Crippen LogP contribution in [0.15, 0.2) is 54.6 Å². The first kappa shape index (κ1) is 13.6. The van der Waals surface area contributed by atoms with E-state index in [0.29, 0.717) is 5.56 Å². The van der Waals surface area contributed by atoms with Crippen molar-refractivity contribution in [3.8, 4) is 0 Å². The van der Waals surface area contributed by atoms with Crippen LogP contribution in [-0.4, -0.2) is 11.1 Å². The van der Waals surface area contributed by atoms with Gasteiger partial charge >= 0.3 is 5.97 Å². The van der Waals surface area contributed by atoms with E-state index in [0.717, 1.165) is 10.0 Å². The number of benzene rings is 2. The molecule has 0 bridgehead atoms. The Kier molecular flexibility index (Phi) is 5.53. The molecule has 0 aliphatic heterocycles. The summed E-state index contributed by atoms with van der Waals surface area (Å²) in [5.74, 6) is -0.879. The summed E-state index contributed by atoms with van der Waals surface area (Å²) in [6.45, 7) is 0. The van der Waals surface area contributed by atoms with Gasteiger partial charge in [-0.2, -0.15) is 0 Å². The molecule has 1 N–H and O–H groups in total. The van der Waals surface area contributed by atoms with Crippen LogP contribution < -0.4 is 0 Å². The minimum Gasteiger partial charge on any atom is -0.478 e. The summed E-state index contributed by atoms with van der Waals surface area (Å²) in [7, 11) is 0. The molecule has 0 unspecified atom stereocenters. The minimum atomic E-state index is -0.879. The van der Waals surface area contributed by atoms with Gasteiger partial charge in [-0.3, -0.25) is 0 Å². The number of halogens is 2. The second-order valence-corrected chi connectivity index (χ2v) is 3.98. The number of aromatic carboxylic acids is 1. The molecule has 0 fully saturated rings. The van der Waals surface area contributed by atoms with Crippen LogP contribution >= 0.6 is 23.2 Å². The van der Waals surface area contributed by atoms with Crippen LogP contribution in [-0.2, 0) is 0 Å². The van der Waals surface area contributed by atoms with Crippen molar-refractivity contribution in [1.29, 1.82) is 0 Å². The zero-order valence-electron chi connectivity index (χ0n) is 8.81. The molecule has 88 valence electrons. The van der Waals surface area contributed by atoms with Crippen molar-refractivity contribution in [1.82, 2.24) is 0 Å². The third-order valence-electron chi connectivity index (χ3n) is 1.82. The molecule has 0 saturated carbocycles. The van der Waals surface area contributed by atoms with E-state index < -0.39 is 5.97 Å². The lowest BCUT2D eigenvalue weighted by atomic mass is 10.2. The highest BCUT2D eigenvalue weighted by atomic mass is 35.5. The van der Waals surface area contributed by atoms with Gasteiger partial charge in [-0.25, -0.2) is 4.79 Å². The second-order valence-electron chi connectivity index (χ2n) is 3.11. The summed E-state index contributed by atoms with van der Waals surface area (Å²) >= 11 is 11.1. The molecule has 17 heavy (non-hydrogen) atoms. The smallest absolute Gasteiger partial charge is 0.335 e. The first-order valence-electron chi connectivity index (χ1n) is 4.79. The molecule has 4 heteroatoms. The average molecular weight is 269 g/mol. The molecule has 0 saturated heterocycles. The van der Waals surface area contributed by atoms with E-state index in [1.165, 1.54) is 0 Å². The van der Waals surface area contributed by atoms with Gasteiger partial charge in [-0.15, -0.1) is 0 Å². The van der Waals surface area contributed by atoms with Crippen LogP contribution in [0.3, 0.4) is 0 Å². The maximum absolute atomic E-state index is 10.2. The van der Waals surface area contributed by atoms with Gasteiger partial charge in [-0.1, -0.05) is 41.4 Å². The van der Waals surface area contributed by atoms with Gasteiger partial charge in [0.05, 0.1) is 5.56 Å². The zero-order chi connectivity index (χ0) is 12.7. The Balaban J connectivity index is 0.000000171. The van der Waals surface area contributed by atoms with Gasteiger partial charge in [0.25, 0.3) is 0 Å². The van der Waals surface area contributed by atoms with Gasteiger partial charge in [0.1, 0.15) is 0 Å². The van der Waals surface area contributed by atoms with Gasteiger partial charge in [0.15, 0.2) is 0 Å². The fourth-order valence-corrected chi connectivity index (χ4v) is 1.26. The average Bonchev–Trinajstić information content (AvgIpc) is 2.35. The number of carbonyl (C=O) groups is 1. The summed E-state index contributed by atoms with van der Waals surface area (Å²) in [5.41, 5.74) is 0.331. The predicted octanol–water partition coefficient (Wildman–Crippen LogP) is 4.38. The molecule has 0 aliphatic carbocycles. The first-order valence-corrected chi connectivity index (χ1v) is 5.54. The van der Waals surface area contributed by atoms with E-state index in [9.17, 15) is 4.79 Å². The van der Waals surface area contributed by atoms with E-state index in [1.807, 2.05) is 0 Å². The Hall–Kier alpha value is -1.51. The standard InChI is InChI=1S/C7H6O2.C6H4Cl2/c8-7(9)6-4-2-1-3-5-6;7-5-1-2-6(8)4-3-5/h1-5H,(H,8,9);1-4H. The molecular formula is C13H10Cl2O2. The fraction of sp³-hybridized carbons (Fsp3) is 0. The van der Waals surface area contributed by atoms with Crippen LogP contribution in [0, 0.1) is 0 Å². The molecule has 0 aromatic heterocycles. The summed E-state index contributed by atoms with van der Waals surface area (Å²) in [4.78, 5) is 10.2. The van der Waals surface area contributed by atoms with E-state index in [2.05, 4.69) is 0 Å². The molecule has 0 spiro atoms. The molecule has 0 amide bonds. The molecule has 0 radical (unpaired) electrons. The van der Waals surface area contributed by atoms with Crippen molar-refractivity contribution in [2.24, 2.45) is 0 Å². The summed E-state index contributed by atoms with van der Waals surface area (Å²) in [6.07, 6.45) is 0. The van der Waals surface area contributed by atoms with Crippen LogP contribution in [0.5, 0.6) is 0 Å². The van der Waals surface area contributed by atoms with Gasteiger partial charge in [0.2, 0.25) is 0 Å². The number of rotatable bonds is 1. The number of carboxylic acid groups (broad SMARTS) is 1. The van der Waals surface area contributed by atoms with Crippen molar-refractivity contribution >= 4 is 29.2 Å². The van der Waals surface area contributed by atoms with Crippen molar-refractivity contribution in [3.05, 3.63) is 70.2 Å². The molecule has 0 aliphatic rings. The third-order valence-corrected chi connectivity index (χ3v) is 2.33. The second kappa shape index (κ2) is 6.94. The first-order chi connectivity index (χ1) is 8.09. The van der Waals surface area contributed by atoms with Gasteiger partial charge in [-0.05, 0) is 36.4 Å². The molecule has 2 rings (SSSR count).